The number of carbonyl (C=O) groups excluding carboxylic acids is 1. The van der Waals surface area contributed by atoms with Gasteiger partial charge >= 0.3 is 5.97 Å². The highest BCUT2D eigenvalue weighted by atomic mass is 16.4. The number of nitrogens with zero attached hydrogens (tertiary/aromatic N) is 1. The minimum Gasteiger partial charge on any atom is -0.481 e. The van der Waals surface area contributed by atoms with E-state index >= 15 is 0 Å². The van der Waals surface area contributed by atoms with E-state index in [9.17, 15) is 14.7 Å². The third kappa shape index (κ3) is 2.19. The van der Waals surface area contributed by atoms with E-state index < -0.39 is 17.8 Å². The zero-order valence-electron chi connectivity index (χ0n) is 10.9. The van der Waals surface area contributed by atoms with Crippen molar-refractivity contribution in [3.8, 4) is 0 Å². The SMILES string of the molecule is O=C(O)[C@@H]1[C@@H](C(=O)NCc2ccncc2)[C@H]2C=C[C@H]1C2. The van der Waals surface area contributed by atoms with Crippen LogP contribution in [0.1, 0.15) is 12.0 Å². The van der Waals surface area contributed by atoms with Crippen molar-refractivity contribution in [1.82, 2.24) is 10.3 Å². The maximum atomic E-state index is 12.3. The van der Waals surface area contributed by atoms with Crippen molar-refractivity contribution in [2.75, 3.05) is 0 Å². The van der Waals surface area contributed by atoms with Gasteiger partial charge < -0.3 is 10.4 Å². The highest BCUT2D eigenvalue weighted by Gasteiger charge is 2.51. The molecule has 104 valence electrons. The molecule has 1 amide bonds. The van der Waals surface area contributed by atoms with Crippen LogP contribution < -0.4 is 5.32 Å². The first kappa shape index (κ1) is 12.8. The van der Waals surface area contributed by atoms with Gasteiger partial charge in [-0.1, -0.05) is 12.2 Å². The van der Waals surface area contributed by atoms with E-state index in [-0.39, 0.29) is 17.7 Å². The number of nitrogens with one attached hydrogen (secondary N) is 1. The number of rotatable bonds is 4. The maximum Gasteiger partial charge on any atom is 0.307 e. The van der Waals surface area contributed by atoms with Crippen molar-refractivity contribution in [2.45, 2.75) is 13.0 Å². The molecule has 0 aromatic carbocycles. The molecule has 1 heterocycles. The number of aliphatic carboxylic acids is 1. The highest BCUT2D eigenvalue weighted by Crippen LogP contribution is 2.48. The molecule has 2 bridgehead atoms. The molecule has 0 spiro atoms. The van der Waals surface area contributed by atoms with Gasteiger partial charge in [0.2, 0.25) is 5.91 Å². The van der Waals surface area contributed by atoms with Crippen LogP contribution in [0.25, 0.3) is 0 Å². The Morgan fingerprint density at radius 2 is 1.85 bits per heavy atom. The van der Waals surface area contributed by atoms with Gasteiger partial charge in [-0.15, -0.1) is 0 Å². The van der Waals surface area contributed by atoms with Crippen LogP contribution in [0.15, 0.2) is 36.7 Å². The molecule has 5 heteroatoms. The number of carbonyl (C=O) groups is 2. The standard InChI is InChI=1S/C15H16N2O3/c18-14(17-8-9-3-5-16-6-4-9)12-10-1-2-11(7-10)13(12)15(19)20/h1-6,10-13H,7-8H2,(H,17,18)(H,19,20)/t10-,11-,12-,13-/m0/s1. The molecule has 2 aliphatic rings. The van der Waals surface area contributed by atoms with Crippen molar-refractivity contribution < 1.29 is 14.7 Å². The molecular weight excluding hydrogens is 256 g/mol. The highest BCUT2D eigenvalue weighted by molar-refractivity contribution is 5.86. The number of fused-ring (bicyclic) bond motifs is 2. The van der Waals surface area contributed by atoms with Gasteiger partial charge in [0.15, 0.2) is 0 Å². The quantitative estimate of drug-likeness (QED) is 0.808. The first-order chi connectivity index (χ1) is 9.66. The van der Waals surface area contributed by atoms with Crippen LogP contribution in [-0.4, -0.2) is 22.0 Å². The molecule has 1 aromatic heterocycles. The Bertz CT molecular complexity index is 555. The summed E-state index contributed by atoms with van der Waals surface area (Å²) in [6.45, 7) is 0.408. The van der Waals surface area contributed by atoms with Gasteiger partial charge in [0.05, 0.1) is 11.8 Å². The molecule has 0 unspecified atom stereocenters. The summed E-state index contributed by atoms with van der Waals surface area (Å²) in [5, 5.41) is 12.2. The molecule has 5 nitrogen and oxygen atoms in total. The summed E-state index contributed by atoms with van der Waals surface area (Å²) < 4.78 is 0. The minimum absolute atomic E-state index is 0.00850. The van der Waals surface area contributed by atoms with Crippen molar-refractivity contribution >= 4 is 11.9 Å². The van der Waals surface area contributed by atoms with Gasteiger partial charge in [0.1, 0.15) is 0 Å². The van der Waals surface area contributed by atoms with E-state index in [0.717, 1.165) is 12.0 Å². The monoisotopic (exact) mass is 272 g/mol. The lowest BCUT2D eigenvalue weighted by atomic mass is 9.82. The summed E-state index contributed by atoms with van der Waals surface area (Å²) in [6.07, 6.45) is 8.05. The third-order valence-corrected chi connectivity index (χ3v) is 4.26. The molecule has 0 radical (unpaired) electrons. The van der Waals surface area contributed by atoms with E-state index in [0.29, 0.717) is 6.54 Å². The van der Waals surface area contributed by atoms with Crippen molar-refractivity contribution in [3.05, 3.63) is 42.2 Å². The van der Waals surface area contributed by atoms with Crippen LogP contribution >= 0.6 is 0 Å². The summed E-state index contributed by atoms with van der Waals surface area (Å²) >= 11 is 0. The number of hydrogen-bond donors (Lipinski definition) is 2. The second kappa shape index (κ2) is 5.07. The first-order valence-corrected chi connectivity index (χ1v) is 6.74. The van der Waals surface area contributed by atoms with Crippen molar-refractivity contribution in [1.29, 1.82) is 0 Å². The van der Waals surface area contributed by atoms with E-state index in [4.69, 9.17) is 0 Å². The molecular formula is C15H16N2O3. The Morgan fingerprint density at radius 3 is 2.50 bits per heavy atom. The fourth-order valence-electron chi connectivity index (χ4n) is 3.32. The third-order valence-electron chi connectivity index (χ3n) is 4.26. The fourth-order valence-corrected chi connectivity index (χ4v) is 3.32. The lowest BCUT2D eigenvalue weighted by Crippen LogP contribution is -2.39. The van der Waals surface area contributed by atoms with E-state index in [1.807, 2.05) is 24.3 Å². The summed E-state index contributed by atoms with van der Waals surface area (Å²) in [4.78, 5) is 27.6. The number of carboxylic acid groups (broad SMARTS) is 1. The van der Waals surface area contributed by atoms with Crippen molar-refractivity contribution in [3.63, 3.8) is 0 Å². The summed E-state index contributed by atoms with van der Waals surface area (Å²) in [5.74, 6) is -1.98. The minimum atomic E-state index is -0.870. The normalized spacial score (nSPS) is 30.4. The van der Waals surface area contributed by atoms with Crippen LogP contribution in [0.4, 0.5) is 0 Å². The molecule has 20 heavy (non-hydrogen) atoms. The molecule has 1 aromatic rings. The largest absolute Gasteiger partial charge is 0.481 e. The molecule has 2 aliphatic carbocycles. The van der Waals surface area contributed by atoms with Crippen LogP contribution in [0.3, 0.4) is 0 Å². The van der Waals surface area contributed by atoms with E-state index in [1.54, 1.807) is 12.4 Å². The van der Waals surface area contributed by atoms with Gasteiger partial charge in [-0.25, -0.2) is 0 Å². The summed E-state index contributed by atoms with van der Waals surface area (Å²) in [6, 6.07) is 3.66. The Morgan fingerprint density at radius 1 is 1.20 bits per heavy atom. The Labute approximate surface area is 116 Å². The number of allylic oxidation sites excluding steroid dienone is 2. The van der Waals surface area contributed by atoms with Crippen LogP contribution in [0.5, 0.6) is 0 Å². The molecule has 1 fully saturated rings. The fraction of sp³-hybridized carbons (Fsp3) is 0.400. The maximum absolute atomic E-state index is 12.3. The number of pyridine rings is 1. The van der Waals surface area contributed by atoms with Crippen molar-refractivity contribution in [2.24, 2.45) is 23.7 Å². The number of carboxylic acids is 1. The Hall–Kier alpha value is -2.17. The molecule has 2 N–H and O–H groups in total. The molecule has 0 aliphatic heterocycles. The Balaban J connectivity index is 1.68. The average molecular weight is 272 g/mol. The number of amides is 1. The van der Waals surface area contributed by atoms with Gasteiger partial charge in [0.25, 0.3) is 0 Å². The van der Waals surface area contributed by atoms with E-state index in [2.05, 4.69) is 10.3 Å². The number of aromatic nitrogens is 1. The van der Waals surface area contributed by atoms with Gasteiger partial charge in [-0.3, -0.25) is 14.6 Å². The molecule has 0 saturated heterocycles. The first-order valence-electron chi connectivity index (χ1n) is 6.74. The van der Waals surface area contributed by atoms with Gasteiger partial charge in [-0.2, -0.15) is 0 Å². The smallest absolute Gasteiger partial charge is 0.307 e. The second-order valence-corrected chi connectivity index (χ2v) is 5.41. The predicted octanol–water partition coefficient (Wildman–Crippen LogP) is 1.22. The lowest BCUT2D eigenvalue weighted by molar-refractivity contribution is -0.147. The topological polar surface area (TPSA) is 79.3 Å². The number of hydrogen-bond acceptors (Lipinski definition) is 3. The second-order valence-electron chi connectivity index (χ2n) is 5.41. The average Bonchev–Trinajstić information content (AvgIpc) is 3.06. The predicted molar refractivity (Wildman–Crippen MR) is 71.4 cm³/mol. The van der Waals surface area contributed by atoms with Gasteiger partial charge in [0, 0.05) is 18.9 Å². The Kier molecular flexibility index (Phi) is 3.26. The lowest BCUT2D eigenvalue weighted by Gasteiger charge is -2.23. The molecule has 3 rings (SSSR count). The molecule has 1 saturated carbocycles. The zero-order valence-corrected chi connectivity index (χ0v) is 10.9. The van der Waals surface area contributed by atoms with Crippen LogP contribution in [0, 0.1) is 23.7 Å². The molecule has 4 atom stereocenters. The summed E-state index contributed by atoms with van der Waals surface area (Å²) in [5.41, 5.74) is 0.957. The van der Waals surface area contributed by atoms with Gasteiger partial charge in [-0.05, 0) is 36.0 Å². The van der Waals surface area contributed by atoms with E-state index in [1.165, 1.54) is 0 Å². The zero-order chi connectivity index (χ0) is 14.1. The van der Waals surface area contributed by atoms with Crippen LogP contribution in [-0.2, 0) is 16.1 Å². The summed E-state index contributed by atoms with van der Waals surface area (Å²) in [7, 11) is 0. The van der Waals surface area contributed by atoms with Crippen LogP contribution in [0.2, 0.25) is 0 Å².